The Morgan fingerprint density at radius 2 is 0.513 bits per heavy atom. The molecule has 0 aromatic rings. The van der Waals surface area contributed by atoms with E-state index in [2.05, 4.69) is 93.7 Å². The standard InChI is InChI=1S/C70H124O6/c1-4-7-10-13-16-19-22-25-28-30-32-33-34-35-36-37-39-40-42-45-48-51-54-57-60-63-69(72)75-66-67(65-74-68(71)62-59-56-53-50-47-44-27-24-21-18-15-12-9-6-3)76-70(73)64-61-58-55-52-49-46-43-41-38-31-29-26-23-20-17-14-11-8-5-2/h8,11,17,20,26,29-30,32,38,41,46,49,67H,4-7,9-10,12-16,18-19,21-25,27-28,31,33-37,39-40,42-45,47-48,50-66H2,1-3H3/b11-8-,20-17-,29-26-,32-30-,41-38-,49-46-. The Morgan fingerprint density at radius 3 is 0.829 bits per heavy atom. The van der Waals surface area contributed by atoms with Gasteiger partial charge in [-0.1, -0.05) is 299 Å². The van der Waals surface area contributed by atoms with Crippen LogP contribution in [-0.2, 0) is 28.6 Å². The van der Waals surface area contributed by atoms with E-state index in [0.717, 1.165) is 96.3 Å². The predicted octanol–water partition coefficient (Wildman–Crippen LogP) is 22.5. The summed E-state index contributed by atoms with van der Waals surface area (Å²) in [6.45, 7) is 6.54. The zero-order chi connectivity index (χ0) is 55.0. The molecule has 0 saturated heterocycles. The first-order valence-corrected chi connectivity index (χ1v) is 32.9. The smallest absolute Gasteiger partial charge is 0.306 e. The molecule has 76 heavy (non-hydrogen) atoms. The van der Waals surface area contributed by atoms with E-state index in [9.17, 15) is 14.4 Å². The molecule has 440 valence electrons. The van der Waals surface area contributed by atoms with E-state index in [4.69, 9.17) is 14.2 Å². The topological polar surface area (TPSA) is 78.9 Å². The van der Waals surface area contributed by atoms with Crippen molar-refractivity contribution in [3.8, 4) is 0 Å². The Bertz CT molecular complexity index is 1400. The van der Waals surface area contributed by atoms with Crippen molar-refractivity contribution in [2.75, 3.05) is 13.2 Å². The van der Waals surface area contributed by atoms with Gasteiger partial charge in [-0.2, -0.15) is 0 Å². The summed E-state index contributed by atoms with van der Waals surface area (Å²) in [5.74, 6) is -0.901. The molecule has 0 bridgehead atoms. The van der Waals surface area contributed by atoms with Gasteiger partial charge in [-0.3, -0.25) is 14.4 Å². The maximum Gasteiger partial charge on any atom is 0.306 e. The zero-order valence-electron chi connectivity index (χ0n) is 50.5. The van der Waals surface area contributed by atoms with Crippen LogP contribution in [-0.4, -0.2) is 37.2 Å². The fourth-order valence-electron chi connectivity index (χ4n) is 9.53. The zero-order valence-corrected chi connectivity index (χ0v) is 50.5. The molecule has 0 saturated carbocycles. The Kier molecular flexibility index (Phi) is 61.7. The molecule has 0 radical (unpaired) electrons. The van der Waals surface area contributed by atoms with E-state index in [1.54, 1.807) is 0 Å². The van der Waals surface area contributed by atoms with Gasteiger partial charge in [-0.05, 0) is 89.9 Å². The number of esters is 3. The van der Waals surface area contributed by atoms with Crippen molar-refractivity contribution in [1.82, 2.24) is 0 Å². The predicted molar refractivity (Wildman–Crippen MR) is 330 cm³/mol. The Hall–Kier alpha value is -3.15. The van der Waals surface area contributed by atoms with Gasteiger partial charge >= 0.3 is 17.9 Å². The molecule has 6 heteroatoms. The molecular weight excluding hydrogens is 937 g/mol. The fourth-order valence-corrected chi connectivity index (χ4v) is 9.53. The monoisotopic (exact) mass is 1060 g/mol. The molecule has 0 aromatic heterocycles. The van der Waals surface area contributed by atoms with Crippen molar-refractivity contribution < 1.29 is 28.6 Å². The minimum absolute atomic E-state index is 0.0855. The number of unbranched alkanes of at least 4 members (excludes halogenated alkanes) is 37. The van der Waals surface area contributed by atoms with Gasteiger partial charge < -0.3 is 14.2 Å². The summed E-state index contributed by atoms with van der Waals surface area (Å²) in [7, 11) is 0. The molecule has 0 aliphatic heterocycles. The van der Waals surface area contributed by atoms with Crippen LogP contribution >= 0.6 is 0 Å². The molecule has 0 fully saturated rings. The normalized spacial score (nSPS) is 12.5. The highest BCUT2D eigenvalue weighted by Gasteiger charge is 2.19. The maximum atomic E-state index is 12.9. The van der Waals surface area contributed by atoms with Crippen LogP contribution in [0.2, 0.25) is 0 Å². The van der Waals surface area contributed by atoms with E-state index in [-0.39, 0.29) is 31.1 Å². The molecule has 6 nitrogen and oxygen atoms in total. The molecular formula is C70H124O6. The molecule has 0 N–H and O–H groups in total. The van der Waals surface area contributed by atoms with E-state index >= 15 is 0 Å². The van der Waals surface area contributed by atoms with Crippen LogP contribution in [0.15, 0.2) is 72.9 Å². The number of hydrogen-bond donors (Lipinski definition) is 0. The Balaban J connectivity index is 4.33. The van der Waals surface area contributed by atoms with E-state index in [1.807, 2.05) is 0 Å². The van der Waals surface area contributed by atoms with Crippen LogP contribution < -0.4 is 0 Å². The summed E-state index contributed by atoms with van der Waals surface area (Å²) in [5, 5.41) is 0. The molecule has 0 amide bonds. The van der Waals surface area contributed by atoms with Crippen molar-refractivity contribution in [1.29, 1.82) is 0 Å². The second-order valence-electron chi connectivity index (χ2n) is 22.0. The first-order chi connectivity index (χ1) is 37.5. The third kappa shape index (κ3) is 61.7. The highest BCUT2D eigenvalue weighted by atomic mass is 16.6. The molecule has 1 unspecified atom stereocenters. The van der Waals surface area contributed by atoms with E-state index in [0.29, 0.717) is 19.3 Å². The summed E-state index contributed by atoms with van der Waals surface area (Å²) in [5.41, 5.74) is 0. The lowest BCUT2D eigenvalue weighted by Crippen LogP contribution is -2.30. The van der Waals surface area contributed by atoms with Crippen molar-refractivity contribution in [3.63, 3.8) is 0 Å². The number of ether oxygens (including phenoxy) is 3. The average Bonchev–Trinajstić information content (AvgIpc) is 3.42. The minimum Gasteiger partial charge on any atom is -0.462 e. The number of carbonyl (C=O) groups excluding carboxylic acids is 3. The van der Waals surface area contributed by atoms with Crippen molar-refractivity contribution in [2.45, 2.75) is 341 Å². The van der Waals surface area contributed by atoms with Crippen LogP contribution in [0.5, 0.6) is 0 Å². The molecule has 0 spiro atoms. The largest absolute Gasteiger partial charge is 0.462 e. The number of allylic oxidation sites excluding steroid dienone is 12. The third-order valence-corrected chi connectivity index (χ3v) is 14.4. The Labute approximate surface area is 472 Å². The average molecular weight is 1060 g/mol. The highest BCUT2D eigenvalue weighted by molar-refractivity contribution is 5.71. The highest BCUT2D eigenvalue weighted by Crippen LogP contribution is 2.17. The fraction of sp³-hybridized carbons (Fsp3) is 0.786. The van der Waals surface area contributed by atoms with Gasteiger partial charge in [0.15, 0.2) is 6.10 Å². The number of hydrogen-bond acceptors (Lipinski definition) is 6. The molecule has 0 aliphatic rings. The lowest BCUT2D eigenvalue weighted by molar-refractivity contribution is -0.167. The number of carbonyl (C=O) groups is 3. The summed E-state index contributed by atoms with van der Waals surface area (Å²) >= 11 is 0. The van der Waals surface area contributed by atoms with Crippen LogP contribution in [0.3, 0.4) is 0 Å². The van der Waals surface area contributed by atoms with Gasteiger partial charge in [0.2, 0.25) is 0 Å². The van der Waals surface area contributed by atoms with Crippen molar-refractivity contribution >= 4 is 17.9 Å². The molecule has 0 aromatic carbocycles. The maximum absolute atomic E-state index is 12.9. The Morgan fingerprint density at radius 1 is 0.276 bits per heavy atom. The SMILES string of the molecule is CC/C=C\C/C=C\C/C=C\C/C=C\C/C=C\CCCCCC(=O)OC(COC(=O)CCCCCCCCCCCCCCCC)COC(=O)CCCCCCCCCCCCCCC/C=C\CCCCCCCCCC. The van der Waals surface area contributed by atoms with E-state index < -0.39 is 6.10 Å². The van der Waals surface area contributed by atoms with Gasteiger partial charge in [-0.25, -0.2) is 0 Å². The first-order valence-electron chi connectivity index (χ1n) is 32.9. The first kappa shape index (κ1) is 72.8. The van der Waals surface area contributed by atoms with E-state index in [1.165, 1.54) is 199 Å². The minimum atomic E-state index is -0.792. The third-order valence-electron chi connectivity index (χ3n) is 14.4. The van der Waals surface area contributed by atoms with Gasteiger partial charge in [0.1, 0.15) is 13.2 Å². The summed E-state index contributed by atoms with van der Waals surface area (Å²) in [4.78, 5) is 38.3. The van der Waals surface area contributed by atoms with Gasteiger partial charge in [0.05, 0.1) is 0 Å². The van der Waals surface area contributed by atoms with Crippen LogP contribution in [0.4, 0.5) is 0 Å². The van der Waals surface area contributed by atoms with Crippen molar-refractivity contribution in [2.24, 2.45) is 0 Å². The second-order valence-corrected chi connectivity index (χ2v) is 22.0. The van der Waals surface area contributed by atoms with Gasteiger partial charge in [0.25, 0.3) is 0 Å². The quantitative estimate of drug-likeness (QED) is 0.0261. The summed E-state index contributed by atoms with van der Waals surface area (Å²) in [6, 6.07) is 0. The van der Waals surface area contributed by atoms with Crippen molar-refractivity contribution in [3.05, 3.63) is 72.9 Å². The molecule has 0 heterocycles. The number of rotatable bonds is 60. The lowest BCUT2D eigenvalue weighted by atomic mass is 10.0. The van der Waals surface area contributed by atoms with Gasteiger partial charge in [-0.15, -0.1) is 0 Å². The summed E-state index contributed by atoms with van der Waals surface area (Å²) < 4.78 is 16.9. The summed E-state index contributed by atoms with van der Waals surface area (Å²) in [6.07, 6.45) is 83.4. The van der Waals surface area contributed by atoms with Crippen LogP contribution in [0.1, 0.15) is 335 Å². The second kappa shape index (κ2) is 64.4. The van der Waals surface area contributed by atoms with Crippen LogP contribution in [0.25, 0.3) is 0 Å². The lowest BCUT2D eigenvalue weighted by Gasteiger charge is -2.18. The van der Waals surface area contributed by atoms with Gasteiger partial charge in [0, 0.05) is 19.3 Å². The van der Waals surface area contributed by atoms with Crippen LogP contribution in [0, 0.1) is 0 Å². The molecule has 0 rings (SSSR count). The molecule has 0 aliphatic carbocycles. The molecule has 1 atom stereocenters.